The van der Waals surface area contributed by atoms with Gasteiger partial charge in [0, 0.05) is 12.6 Å². The SMILES string of the molecule is Cc1cc(Cl)c(Nc2c(-c3ccc(C#N)cc3F)c(C)nn2C)c(Cl)c1. The van der Waals surface area contributed by atoms with E-state index in [-0.39, 0.29) is 5.56 Å². The van der Waals surface area contributed by atoms with Gasteiger partial charge in [-0.1, -0.05) is 23.2 Å². The van der Waals surface area contributed by atoms with Crippen molar-refractivity contribution in [1.29, 1.82) is 5.26 Å². The summed E-state index contributed by atoms with van der Waals surface area (Å²) in [5, 5.41) is 17.4. The van der Waals surface area contributed by atoms with Crippen molar-refractivity contribution in [2.45, 2.75) is 13.8 Å². The van der Waals surface area contributed by atoms with E-state index < -0.39 is 5.82 Å². The maximum atomic E-state index is 14.6. The lowest BCUT2D eigenvalue weighted by atomic mass is 10.0. The summed E-state index contributed by atoms with van der Waals surface area (Å²) < 4.78 is 16.2. The molecule has 0 amide bonds. The van der Waals surface area contributed by atoms with Gasteiger partial charge in [-0.25, -0.2) is 4.39 Å². The highest BCUT2D eigenvalue weighted by Crippen LogP contribution is 2.39. The number of halogens is 3. The Bertz CT molecular complexity index is 1030. The molecule has 3 aromatic rings. The van der Waals surface area contributed by atoms with Crippen molar-refractivity contribution in [3.05, 3.63) is 63.0 Å². The monoisotopic (exact) mass is 388 g/mol. The van der Waals surface area contributed by atoms with Gasteiger partial charge in [0.2, 0.25) is 0 Å². The maximum Gasteiger partial charge on any atom is 0.136 e. The van der Waals surface area contributed by atoms with Crippen LogP contribution in [0.5, 0.6) is 0 Å². The number of aromatic nitrogens is 2. The molecule has 0 aliphatic carbocycles. The number of nitrogens with one attached hydrogen (secondary N) is 1. The molecule has 0 saturated heterocycles. The molecule has 0 radical (unpaired) electrons. The summed E-state index contributed by atoms with van der Waals surface area (Å²) in [5.74, 6) is 0.0584. The van der Waals surface area contributed by atoms with Gasteiger partial charge in [-0.3, -0.25) is 4.68 Å². The van der Waals surface area contributed by atoms with Crippen molar-refractivity contribution in [3.63, 3.8) is 0 Å². The third-order valence-electron chi connectivity index (χ3n) is 4.02. The highest BCUT2D eigenvalue weighted by Gasteiger charge is 2.20. The van der Waals surface area contributed by atoms with E-state index in [2.05, 4.69) is 10.4 Å². The molecule has 2 aromatic carbocycles. The van der Waals surface area contributed by atoms with Crippen LogP contribution in [0.2, 0.25) is 10.0 Å². The van der Waals surface area contributed by atoms with Crippen molar-refractivity contribution in [2.75, 3.05) is 5.32 Å². The number of benzene rings is 2. The van der Waals surface area contributed by atoms with Crippen LogP contribution in [0.15, 0.2) is 30.3 Å². The Morgan fingerprint density at radius 3 is 2.38 bits per heavy atom. The molecule has 0 atom stereocenters. The molecule has 0 bridgehead atoms. The Morgan fingerprint density at radius 2 is 1.81 bits per heavy atom. The minimum Gasteiger partial charge on any atom is -0.337 e. The van der Waals surface area contributed by atoms with E-state index in [0.717, 1.165) is 5.56 Å². The topological polar surface area (TPSA) is 53.6 Å². The van der Waals surface area contributed by atoms with Gasteiger partial charge in [0.15, 0.2) is 0 Å². The van der Waals surface area contributed by atoms with Gasteiger partial charge in [0.1, 0.15) is 11.6 Å². The maximum absolute atomic E-state index is 14.6. The van der Waals surface area contributed by atoms with E-state index in [1.165, 1.54) is 6.07 Å². The van der Waals surface area contributed by atoms with E-state index in [1.807, 2.05) is 13.0 Å². The van der Waals surface area contributed by atoms with E-state index >= 15 is 0 Å². The molecular weight excluding hydrogens is 374 g/mol. The van der Waals surface area contributed by atoms with Gasteiger partial charge in [-0.15, -0.1) is 0 Å². The summed E-state index contributed by atoms with van der Waals surface area (Å²) in [5.41, 5.74) is 3.28. The molecule has 0 saturated carbocycles. The van der Waals surface area contributed by atoms with Gasteiger partial charge in [0.05, 0.1) is 38.6 Å². The third-order valence-corrected chi connectivity index (χ3v) is 4.62. The first-order valence-electron chi connectivity index (χ1n) is 7.78. The van der Waals surface area contributed by atoms with Crippen molar-refractivity contribution in [3.8, 4) is 17.2 Å². The molecule has 1 aromatic heterocycles. The largest absolute Gasteiger partial charge is 0.337 e. The van der Waals surface area contributed by atoms with Crippen LogP contribution < -0.4 is 5.32 Å². The molecule has 3 rings (SSSR count). The summed E-state index contributed by atoms with van der Waals surface area (Å²) in [7, 11) is 1.75. The summed E-state index contributed by atoms with van der Waals surface area (Å²) in [4.78, 5) is 0. The fraction of sp³-hybridized carbons (Fsp3) is 0.158. The van der Waals surface area contributed by atoms with E-state index in [4.69, 9.17) is 28.5 Å². The highest BCUT2D eigenvalue weighted by atomic mass is 35.5. The van der Waals surface area contributed by atoms with Crippen molar-refractivity contribution >= 4 is 34.7 Å². The highest BCUT2D eigenvalue weighted by molar-refractivity contribution is 6.39. The first-order valence-corrected chi connectivity index (χ1v) is 8.53. The molecule has 1 heterocycles. The lowest BCUT2D eigenvalue weighted by Crippen LogP contribution is -2.02. The lowest BCUT2D eigenvalue weighted by Gasteiger charge is -2.14. The molecule has 0 aliphatic rings. The number of hydrogen-bond donors (Lipinski definition) is 1. The van der Waals surface area contributed by atoms with E-state index in [1.54, 1.807) is 42.9 Å². The van der Waals surface area contributed by atoms with Crippen LogP contribution >= 0.6 is 23.2 Å². The molecule has 1 N–H and O–H groups in total. The fourth-order valence-electron chi connectivity index (χ4n) is 2.85. The minimum absolute atomic E-state index is 0.256. The molecule has 7 heteroatoms. The first kappa shape index (κ1) is 18.2. The average molecular weight is 389 g/mol. The van der Waals surface area contributed by atoms with Crippen LogP contribution in [0.25, 0.3) is 11.1 Å². The van der Waals surface area contributed by atoms with Crippen LogP contribution in [-0.4, -0.2) is 9.78 Å². The van der Waals surface area contributed by atoms with Gasteiger partial charge in [0.25, 0.3) is 0 Å². The predicted octanol–water partition coefficient (Wildman–Crippen LogP) is 5.77. The van der Waals surface area contributed by atoms with Crippen molar-refractivity contribution < 1.29 is 4.39 Å². The zero-order valence-electron chi connectivity index (χ0n) is 14.4. The number of nitrogens with zero attached hydrogens (tertiary/aromatic N) is 3. The lowest BCUT2D eigenvalue weighted by molar-refractivity contribution is 0.631. The van der Waals surface area contributed by atoms with Crippen LogP contribution in [0.1, 0.15) is 16.8 Å². The molecular formula is C19H15Cl2FN4. The standard InChI is InChI=1S/C19H15Cl2FN4/c1-10-6-14(20)18(15(21)7-10)24-19-17(11(2)25-26(19)3)13-5-4-12(9-23)8-16(13)22/h4-8,24H,1-3H3. The van der Waals surface area contributed by atoms with Crippen molar-refractivity contribution in [1.82, 2.24) is 9.78 Å². The third kappa shape index (κ3) is 3.26. The zero-order chi connectivity index (χ0) is 19.0. The van der Waals surface area contributed by atoms with Crippen molar-refractivity contribution in [2.24, 2.45) is 7.05 Å². The number of hydrogen-bond acceptors (Lipinski definition) is 3. The number of aryl methyl sites for hydroxylation is 3. The average Bonchev–Trinajstić information content (AvgIpc) is 2.84. The van der Waals surface area contributed by atoms with Crippen LogP contribution in [0.4, 0.5) is 15.9 Å². The molecule has 0 spiro atoms. The first-order chi connectivity index (χ1) is 12.3. The van der Waals surface area contributed by atoms with E-state index in [9.17, 15) is 4.39 Å². The van der Waals surface area contributed by atoms with Gasteiger partial charge < -0.3 is 5.32 Å². The fourth-order valence-corrected chi connectivity index (χ4v) is 3.54. The quantitative estimate of drug-likeness (QED) is 0.619. The van der Waals surface area contributed by atoms with Gasteiger partial charge in [-0.05, 0) is 49.7 Å². The second kappa shape index (κ2) is 6.99. The summed E-state index contributed by atoms with van der Waals surface area (Å²) in [6, 6.07) is 9.86. The summed E-state index contributed by atoms with van der Waals surface area (Å²) in [6.45, 7) is 3.68. The Balaban J connectivity index is 2.15. The molecule has 0 aliphatic heterocycles. The molecule has 0 fully saturated rings. The van der Waals surface area contributed by atoms with Gasteiger partial charge in [-0.2, -0.15) is 10.4 Å². The summed E-state index contributed by atoms with van der Waals surface area (Å²) >= 11 is 12.7. The molecule has 4 nitrogen and oxygen atoms in total. The van der Waals surface area contributed by atoms with Crippen LogP contribution in [0.3, 0.4) is 0 Å². The smallest absolute Gasteiger partial charge is 0.136 e. The normalized spacial score (nSPS) is 10.7. The second-order valence-electron chi connectivity index (χ2n) is 5.97. The number of rotatable bonds is 3. The number of nitriles is 1. The molecule has 132 valence electrons. The van der Waals surface area contributed by atoms with Crippen LogP contribution in [0, 0.1) is 31.0 Å². The Labute approximate surface area is 160 Å². The van der Waals surface area contributed by atoms with Gasteiger partial charge >= 0.3 is 0 Å². The van der Waals surface area contributed by atoms with E-state index in [0.29, 0.717) is 38.4 Å². The second-order valence-corrected chi connectivity index (χ2v) is 6.78. The summed E-state index contributed by atoms with van der Waals surface area (Å²) in [6.07, 6.45) is 0. The van der Waals surface area contributed by atoms with Crippen LogP contribution in [-0.2, 0) is 7.05 Å². The minimum atomic E-state index is -0.496. The number of anilines is 2. The zero-order valence-corrected chi connectivity index (χ0v) is 15.9. The predicted molar refractivity (Wildman–Crippen MR) is 103 cm³/mol. The Hall–Kier alpha value is -2.55. The molecule has 0 unspecified atom stereocenters. The molecule has 26 heavy (non-hydrogen) atoms. The Kier molecular flexibility index (Phi) is 4.90. The Morgan fingerprint density at radius 1 is 1.15 bits per heavy atom.